The van der Waals surface area contributed by atoms with E-state index in [4.69, 9.17) is 10.9 Å². The Morgan fingerprint density at radius 2 is 2.21 bits per heavy atom. The first-order valence-corrected chi connectivity index (χ1v) is 6.34. The van der Waals surface area contributed by atoms with Crippen LogP contribution < -0.4 is 10.6 Å². The predicted octanol–water partition coefficient (Wildman–Crippen LogP) is 0.707. The average Bonchev–Trinajstić information content (AvgIpc) is 2.41. The van der Waals surface area contributed by atoms with Gasteiger partial charge in [-0.3, -0.25) is 9.88 Å². The highest BCUT2D eigenvalue weighted by molar-refractivity contribution is 6.02. The van der Waals surface area contributed by atoms with E-state index in [1.165, 1.54) is 0 Å². The Morgan fingerprint density at radius 3 is 2.84 bits per heavy atom. The second-order valence-corrected chi connectivity index (χ2v) is 5.53. The van der Waals surface area contributed by atoms with Gasteiger partial charge in [0, 0.05) is 36.9 Å². The molecule has 1 fully saturated rings. The van der Waals surface area contributed by atoms with Gasteiger partial charge in [-0.05, 0) is 27.0 Å². The van der Waals surface area contributed by atoms with Crippen molar-refractivity contribution in [3.63, 3.8) is 0 Å². The van der Waals surface area contributed by atoms with E-state index in [0.717, 1.165) is 30.9 Å². The van der Waals surface area contributed by atoms with Gasteiger partial charge in [-0.15, -0.1) is 0 Å². The van der Waals surface area contributed by atoms with Crippen molar-refractivity contribution in [2.75, 3.05) is 31.6 Å². The van der Waals surface area contributed by atoms with E-state index in [1.54, 1.807) is 18.5 Å². The normalized spacial score (nSPS) is 20.6. The van der Waals surface area contributed by atoms with Gasteiger partial charge < -0.3 is 15.8 Å². The molecule has 1 aromatic heterocycles. The van der Waals surface area contributed by atoms with Gasteiger partial charge in [-0.25, -0.2) is 0 Å². The Labute approximate surface area is 113 Å². The van der Waals surface area contributed by atoms with Crippen LogP contribution in [-0.4, -0.2) is 53.1 Å². The number of rotatable bonds is 2. The molecule has 0 saturated carbocycles. The molecule has 1 saturated heterocycles. The van der Waals surface area contributed by atoms with E-state index in [2.05, 4.69) is 40.8 Å². The molecular formula is C13H21N5O. The van der Waals surface area contributed by atoms with Gasteiger partial charge in [0.15, 0.2) is 5.84 Å². The third-order valence-corrected chi connectivity index (χ3v) is 3.84. The molecule has 2 rings (SSSR count). The highest BCUT2D eigenvalue weighted by Gasteiger charge is 2.32. The van der Waals surface area contributed by atoms with E-state index in [-0.39, 0.29) is 11.4 Å². The number of hydrogen-bond donors (Lipinski definition) is 2. The van der Waals surface area contributed by atoms with E-state index in [1.807, 2.05) is 0 Å². The summed E-state index contributed by atoms with van der Waals surface area (Å²) in [4.78, 5) is 8.73. The van der Waals surface area contributed by atoms with Crippen LogP contribution >= 0.6 is 0 Å². The summed E-state index contributed by atoms with van der Waals surface area (Å²) in [5.74, 6) is 0.120. The molecule has 0 spiro atoms. The minimum atomic E-state index is 0.0798. The molecule has 6 heteroatoms. The van der Waals surface area contributed by atoms with Gasteiger partial charge in [0.2, 0.25) is 0 Å². The highest BCUT2D eigenvalue weighted by atomic mass is 16.4. The van der Waals surface area contributed by atoms with Crippen LogP contribution in [0.2, 0.25) is 0 Å². The summed E-state index contributed by atoms with van der Waals surface area (Å²) in [6.45, 7) is 7.16. The molecule has 6 nitrogen and oxygen atoms in total. The summed E-state index contributed by atoms with van der Waals surface area (Å²) in [6.07, 6.45) is 3.42. The van der Waals surface area contributed by atoms with Crippen LogP contribution in [0.1, 0.15) is 19.4 Å². The molecule has 0 atom stereocenters. The third kappa shape index (κ3) is 2.63. The van der Waals surface area contributed by atoms with Crippen LogP contribution in [0, 0.1) is 0 Å². The molecule has 0 unspecified atom stereocenters. The lowest BCUT2D eigenvalue weighted by molar-refractivity contribution is 0.139. The first-order chi connectivity index (χ1) is 8.95. The van der Waals surface area contributed by atoms with Crippen molar-refractivity contribution in [2.24, 2.45) is 10.9 Å². The number of likely N-dealkylation sites (N-methyl/N-ethyl adjacent to an activating group) is 1. The zero-order chi connectivity index (χ0) is 14.0. The topological polar surface area (TPSA) is 78.0 Å². The maximum atomic E-state index is 8.87. The summed E-state index contributed by atoms with van der Waals surface area (Å²) >= 11 is 0. The van der Waals surface area contributed by atoms with Crippen LogP contribution in [0.25, 0.3) is 0 Å². The van der Waals surface area contributed by atoms with Crippen molar-refractivity contribution in [3.05, 3.63) is 24.0 Å². The summed E-state index contributed by atoms with van der Waals surface area (Å²) in [5, 5.41) is 12.0. The van der Waals surface area contributed by atoms with Crippen molar-refractivity contribution in [3.8, 4) is 0 Å². The molecule has 2 heterocycles. The van der Waals surface area contributed by atoms with Gasteiger partial charge in [-0.2, -0.15) is 0 Å². The van der Waals surface area contributed by atoms with E-state index in [0.29, 0.717) is 0 Å². The van der Waals surface area contributed by atoms with Crippen LogP contribution in [0.5, 0.6) is 0 Å². The molecule has 0 bridgehead atoms. The maximum absolute atomic E-state index is 8.87. The average molecular weight is 263 g/mol. The Morgan fingerprint density at radius 1 is 1.47 bits per heavy atom. The number of piperazine rings is 1. The lowest BCUT2D eigenvalue weighted by Crippen LogP contribution is -2.58. The zero-order valence-corrected chi connectivity index (χ0v) is 11.7. The molecule has 1 aromatic rings. The summed E-state index contributed by atoms with van der Waals surface area (Å²) < 4.78 is 0. The van der Waals surface area contributed by atoms with Crippen LogP contribution in [0.3, 0.4) is 0 Å². The predicted molar refractivity (Wildman–Crippen MR) is 75.7 cm³/mol. The van der Waals surface area contributed by atoms with Gasteiger partial charge in [0.25, 0.3) is 0 Å². The van der Waals surface area contributed by atoms with E-state index >= 15 is 0 Å². The van der Waals surface area contributed by atoms with Gasteiger partial charge >= 0.3 is 0 Å². The van der Waals surface area contributed by atoms with E-state index in [9.17, 15) is 0 Å². The molecule has 104 valence electrons. The van der Waals surface area contributed by atoms with E-state index < -0.39 is 0 Å². The van der Waals surface area contributed by atoms with Gasteiger partial charge in [0.05, 0.1) is 11.9 Å². The second kappa shape index (κ2) is 5.05. The van der Waals surface area contributed by atoms with Crippen LogP contribution in [-0.2, 0) is 0 Å². The number of oxime groups is 1. The molecule has 19 heavy (non-hydrogen) atoms. The Hall–Kier alpha value is -1.82. The number of nitrogens with zero attached hydrogens (tertiary/aromatic N) is 4. The van der Waals surface area contributed by atoms with Gasteiger partial charge in [-0.1, -0.05) is 5.16 Å². The summed E-state index contributed by atoms with van der Waals surface area (Å²) in [5.41, 5.74) is 7.45. The summed E-state index contributed by atoms with van der Waals surface area (Å²) in [7, 11) is 2.13. The maximum Gasteiger partial charge on any atom is 0.172 e. The molecular weight excluding hydrogens is 242 g/mol. The lowest BCUT2D eigenvalue weighted by atomic mass is 9.99. The summed E-state index contributed by atoms with van der Waals surface area (Å²) in [6, 6.07) is 1.77. The number of nitrogens with two attached hydrogens (primary N) is 1. The fraction of sp³-hybridized carbons (Fsp3) is 0.538. The minimum Gasteiger partial charge on any atom is -0.409 e. The fourth-order valence-corrected chi connectivity index (χ4v) is 2.35. The fourth-order valence-electron chi connectivity index (χ4n) is 2.35. The molecule has 1 aliphatic rings. The van der Waals surface area contributed by atoms with Gasteiger partial charge in [0.1, 0.15) is 0 Å². The van der Waals surface area contributed by atoms with Crippen LogP contribution in [0.4, 0.5) is 5.69 Å². The minimum absolute atomic E-state index is 0.0798. The first kappa shape index (κ1) is 13.6. The smallest absolute Gasteiger partial charge is 0.172 e. The molecule has 3 N–H and O–H groups in total. The Kier molecular flexibility index (Phi) is 3.61. The second-order valence-electron chi connectivity index (χ2n) is 5.53. The van der Waals surface area contributed by atoms with Crippen molar-refractivity contribution in [1.29, 1.82) is 0 Å². The van der Waals surface area contributed by atoms with Crippen molar-refractivity contribution in [1.82, 2.24) is 9.88 Å². The standard InChI is InChI=1S/C13H21N5O/c1-13(2)9-18(7-6-17(13)3)11-8-15-5-4-10(11)12(14)16-19/h4-5,8,19H,6-7,9H2,1-3H3,(H2,14,16). The SMILES string of the molecule is CN1CCN(c2cnccc2/C(N)=N/O)CC1(C)C. The largest absolute Gasteiger partial charge is 0.409 e. The number of anilines is 1. The van der Waals surface area contributed by atoms with Crippen molar-refractivity contribution in [2.45, 2.75) is 19.4 Å². The monoisotopic (exact) mass is 263 g/mol. The third-order valence-electron chi connectivity index (χ3n) is 3.84. The quantitative estimate of drug-likeness (QED) is 0.355. The van der Waals surface area contributed by atoms with Crippen molar-refractivity contribution >= 4 is 11.5 Å². The highest BCUT2D eigenvalue weighted by Crippen LogP contribution is 2.26. The van der Waals surface area contributed by atoms with Crippen molar-refractivity contribution < 1.29 is 5.21 Å². The molecule has 0 amide bonds. The molecule has 1 aliphatic heterocycles. The lowest BCUT2D eigenvalue weighted by Gasteiger charge is -2.46. The van der Waals surface area contributed by atoms with Crippen LogP contribution in [0.15, 0.2) is 23.6 Å². The number of aromatic nitrogens is 1. The number of amidine groups is 1. The Balaban J connectivity index is 2.33. The zero-order valence-electron chi connectivity index (χ0n) is 11.7. The molecule has 0 aromatic carbocycles. The molecule has 0 aliphatic carbocycles. The first-order valence-electron chi connectivity index (χ1n) is 6.34. The number of hydrogen-bond acceptors (Lipinski definition) is 5. The molecule has 0 radical (unpaired) electrons. The number of pyridine rings is 1. The Bertz CT molecular complexity index is 486.